The third kappa shape index (κ3) is 3.54. The standard InChI is InChI=1S/C16H20N2O2/c1-18(10-8-13-5-4-9-17-11-13)16(20)15-7-3-2-6-14(15)12-19/h2-3,6-8,12,17H,4-5,9-11H2,1H3/b13-8-. The minimum absolute atomic E-state index is 0.117. The Labute approximate surface area is 119 Å². The van der Waals surface area contributed by atoms with Crippen LogP contribution in [0, 0.1) is 0 Å². The first-order valence-electron chi connectivity index (χ1n) is 6.90. The molecule has 1 aliphatic heterocycles. The van der Waals surface area contributed by atoms with E-state index in [2.05, 4.69) is 11.4 Å². The van der Waals surface area contributed by atoms with E-state index in [9.17, 15) is 9.59 Å². The maximum absolute atomic E-state index is 12.3. The average Bonchev–Trinajstić information content (AvgIpc) is 2.52. The fourth-order valence-electron chi connectivity index (χ4n) is 2.30. The molecule has 1 N–H and O–H groups in total. The van der Waals surface area contributed by atoms with Gasteiger partial charge < -0.3 is 10.2 Å². The van der Waals surface area contributed by atoms with Crippen LogP contribution in [0.5, 0.6) is 0 Å². The number of likely N-dealkylation sites (N-methyl/N-ethyl adjacent to an activating group) is 1. The van der Waals surface area contributed by atoms with Gasteiger partial charge in [0.15, 0.2) is 6.29 Å². The molecule has 1 aromatic carbocycles. The largest absolute Gasteiger partial charge is 0.338 e. The maximum Gasteiger partial charge on any atom is 0.254 e. The molecule has 20 heavy (non-hydrogen) atoms. The summed E-state index contributed by atoms with van der Waals surface area (Å²) in [4.78, 5) is 24.9. The molecule has 1 heterocycles. The molecule has 0 saturated carbocycles. The molecular weight excluding hydrogens is 252 g/mol. The lowest BCUT2D eigenvalue weighted by Gasteiger charge is -2.19. The minimum atomic E-state index is -0.117. The van der Waals surface area contributed by atoms with Crippen molar-refractivity contribution in [1.82, 2.24) is 10.2 Å². The Morgan fingerprint density at radius 2 is 2.20 bits per heavy atom. The van der Waals surface area contributed by atoms with E-state index in [-0.39, 0.29) is 5.91 Å². The summed E-state index contributed by atoms with van der Waals surface area (Å²) in [7, 11) is 1.76. The van der Waals surface area contributed by atoms with Gasteiger partial charge in [-0.2, -0.15) is 0 Å². The number of carbonyl (C=O) groups is 2. The zero-order valence-corrected chi connectivity index (χ0v) is 11.8. The van der Waals surface area contributed by atoms with Crippen LogP contribution in [0.15, 0.2) is 35.9 Å². The van der Waals surface area contributed by atoms with Gasteiger partial charge >= 0.3 is 0 Å². The molecule has 0 atom stereocenters. The summed E-state index contributed by atoms with van der Waals surface area (Å²) in [6.45, 7) is 2.55. The second kappa shape index (κ2) is 7.01. The molecule has 0 bridgehead atoms. The first kappa shape index (κ1) is 14.5. The second-order valence-corrected chi connectivity index (χ2v) is 5.03. The van der Waals surface area contributed by atoms with Gasteiger partial charge in [0.25, 0.3) is 5.91 Å². The molecule has 0 spiro atoms. The predicted octanol–water partition coefficient (Wildman–Crippen LogP) is 1.88. The molecule has 1 amide bonds. The molecule has 1 fully saturated rings. The normalized spacial score (nSPS) is 16.9. The number of rotatable bonds is 4. The molecule has 1 aliphatic rings. The van der Waals surface area contributed by atoms with Gasteiger partial charge in [0.1, 0.15) is 0 Å². The maximum atomic E-state index is 12.3. The van der Waals surface area contributed by atoms with Crippen molar-refractivity contribution in [3.8, 4) is 0 Å². The van der Waals surface area contributed by atoms with Crippen LogP contribution in [0.1, 0.15) is 33.6 Å². The predicted molar refractivity (Wildman–Crippen MR) is 79.0 cm³/mol. The number of hydrogen-bond donors (Lipinski definition) is 1. The molecule has 0 unspecified atom stereocenters. The van der Waals surface area contributed by atoms with Gasteiger partial charge in [0.2, 0.25) is 0 Å². The zero-order chi connectivity index (χ0) is 14.4. The van der Waals surface area contributed by atoms with E-state index in [4.69, 9.17) is 0 Å². The van der Waals surface area contributed by atoms with Crippen molar-refractivity contribution in [3.63, 3.8) is 0 Å². The molecule has 4 nitrogen and oxygen atoms in total. The van der Waals surface area contributed by atoms with Gasteiger partial charge in [-0.05, 0) is 25.5 Å². The van der Waals surface area contributed by atoms with E-state index in [1.807, 2.05) is 0 Å². The van der Waals surface area contributed by atoms with E-state index in [0.29, 0.717) is 17.7 Å². The number of aldehydes is 1. The second-order valence-electron chi connectivity index (χ2n) is 5.03. The van der Waals surface area contributed by atoms with Gasteiger partial charge in [0.05, 0.1) is 5.56 Å². The van der Waals surface area contributed by atoms with Crippen LogP contribution in [-0.2, 0) is 0 Å². The lowest BCUT2D eigenvalue weighted by Crippen LogP contribution is -2.29. The molecule has 2 rings (SSSR count). The fourth-order valence-corrected chi connectivity index (χ4v) is 2.30. The van der Waals surface area contributed by atoms with Crippen LogP contribution in [0.3, 0.4) is 0 Å². The third-order valence-corrected chi connectivity index (χ3v) is 3.52. The van der Waals surface area contributed by atoms with Gasteiger partial charge in [-0.3, -0.25) is 9.59 Å². The number of nitrogens with zero attached hydrogens (tertiary/aromatic N) is 1. The van der Waals surface area contributed by atoms with E-state index < -0.39 is 0 Å². The van der Waals surface area contributed by atoms with Crippen molar-refractivity contribution >= 4 is 12.2 Å². The van der Waals surface area contributed by atoms with Gasteiger partial charge in [-0.1, -0.05) is 29.8 Å². The van der Waals surface area contributed by atoms with Crippen molar-refractivity contribution in [3.05, 3.63) is 47.0 Å². The number of nitrogens with one attached hydrogen (secondary N) is 1. The summed E-state index contributed by atoms with van der Waals surface area (Å²) >= 11 is 0. The van der Waals surface area contributed by atoms with Gasteiger partial charge in [0, 0.05) is 25.7 Å². The quantitative estimate of drug-likeness (QED) is 0.672. The number of benzene rings is 1. The topological polar surface area (TPSA) is 49.4 Å². The van der Waals surface area contributed by atoms with Gasteiger partial charge in [-0.15, -0.1) is 0 Å². The van der Waals surface area contributed by atoms with Crippen molar-refractivity contribution < 1.29 is 9.59 Å². The number of piperidine rings is 1. The fraction of sp³-hybridized carbons (Fsp3) is 0.375. The average molecular weight is 272 g/mol. The van der Waals surface area contributed by atoms with Crippen LogP contribution in [0.2, 0.25) is 0 Å². The number of carbonyl (C=O) groups excluding carboxylic acids is 2. The molecule has 1 saturated heterocycles. The van der Waals surface area contributed by atoms with Crippen LogP contribution >= 0.6 is 0 Å². The molecular formula is C16H20N2O2. The smallest absolute Gasteiger partial charge is 0.254 e. The van der Waals surface area contributed by atoms with Crippen molar-refractivity contribution in [1.29, 1.82) is 0 Å². The van der Waals surface area contributed by atoms with Crippen molar-refractivity contribution in [2.45, 2.75) is 12.8 Å². The van der Waals surface area contributed by atoms with Crippen LogP contribution < -0.4 is 5.32 Å². The summed E-state index contributed by atoms with van der Waals surface area (Å²) in [5, 5.41) is 3.32. The monoisotopic (exact) mass is 272 g/mol. The van der Waals surface area contributed by atoms with Crippen LogP contribution in [0.4, 0.5) is 0 Å². The summed E-state index contributed by atoms with van der Waals surface area (Å²) in [5.41, 5.74) is 2.25. The van der Waals surface area contributed by atoms with Crippen molar-refractivity contribution in [2.24, 2.45) is 0 Å². The zero-order valence-electron chi connectivity index (χ0n) is 11.8. The SMILES string of the molecule is CN(C/C=C1/CCCNC1)C(=O)c1ccccc1C=O. The Morgan fingerprint density at radius 3 is 2.90 bits per heavy atom. The molecule has 1 aromatic rings. The molecule has 0 aromatic heterocycles. The Morgan fingerprint density at radius 1 is 1.40 bits per heavy atom. The molecule has 106 valence electrons. The summed E-state index contributed by atoms with van der Waals surface area (Å²) < 4.78 is 0. The summed E-state index contributed by atoms with van der Waals surface area (Å²) in [6.07, 6.45) is 5.08. The third-order valence-electron chi connectivity index (χ3n) is 3.52. The van der Waals surface area contributed by atoms with Crippen LogP contribution in [-0.4, -0.2) is 43.8 Å². The van der Waals surface area contributed by atoms with E-state index in [1.165, 1.54) is 5.57 Å². The Balaban J connectivity index is 2.03. The lowest BCUT2D eigenvalue weighted by atomic mass is 10.1. The van der Waals surface area contributed by atoms with Crippen molar-refractivity contribution in [2.75, 3.05) is 26.7 Å². The Kier molecular flexibility index (Phi) is 5.07. The van der Waals surface area contributed by atoms with E-state index in [0.717, 1.165) is 32.2 Å². The highest BCUT2D eigenvalue weighted by Gasteiger charge is 2.14. The number of amides is 1. The minimum Gasteiger partial charge on any atom is -0.338 e. The highest BCUT2D eigenvalue weighted by molar-refractivity contribution is 6.01. The highest BCUT2D eigenvalue weighted by Crippen LogP contribution is 2.11. The summed E-state index contributed by atoms with van der Waals surface area (Å²) in [5.74, 6) is -0.117. The van der Waals surface area contributed by atoms with E-state index >= 15 is 0 Å². The molecule has 4 heteroatoms. The first-order valence-corrected chi connectivity index (χ1v) is 6.90. The number of hydrogen-bond acceptors (Lipinski definition) is 3. The highest BCUT2D eigenvalue weighted by atomic mass is 16.2. The first-order chi connectivity index (χ1) is 9.72. The summed E-state index contributed by atoms with van der Waals surface area (Å²) in [6, 6.07) is 6.89. The molecule has 0 aliphatic carbocycles. The Bertz CT molecular complexity index is 515. The lowest BCUT2D eigenvalue weighted by molar-refractivity contribution is 0.0806. The Hall–Kier alpha value is -1.94. The van der Waals surface area contributed by atoms with Crippen LogP contribution in [0.25, 0.3) is 0 Å². The molecule has 0 radical (unpaired) electrons. The van der Waals surface area contributed by atoms with E-state index in [1.54, 1.807) is 36.2 Å². The van der Waals surface area contributed by atoms with Gasteiger partial charge in [-0.25, -0.2) is 0 Å².